The van der Waals surface area contributed by atoms with Crippen LogP contribution in [0.15, 0.2) is 24.3 Å². The van der Waals surface area contributed by atoms with Crippen LogP contribution in [0.5, 0.6) is 0 Å². The summed E-state index contributed by atoms with van der Waals surface area (Å²) >= 11 is 0. The van der Waals surface area contributed by atoms with E-state index in [1.807, 2.05) is 30.1 Å². The molecule has 1 atom stereocenters. The Bertz CT molecular complexity index is 888. The molecule has 2 aliphatic rings. The zero-order valence-corrected chi connectivity index (χ0v) is 15.1. The Morgan fingerprint density at radius 3 is 2.85 bits per heavy atom. The van der Waals surface area contributed by atoms with E-state index < -0.39 is 5.91 Å². The van der Waals surface area contributed by atoms with Gasteiger partial charge >= 0.3 is 0 Å². The molecule has 0 spiro atoms. The van der Waals surface area contributed by atoms with Crippen LogP contribution in [-0.4, -0.2) is 45.6 Å². The number of fused-ring (bicyclic) bond motifs is 2. The highest BCUT2D eigenvalue weighted by atomic mass is 16.2. The summed E-state index contributed by atoms with van der Waals surface area (Å²) in [7, 11) is 1.83. The maximum Gasteiger partial charge on any atom is 0.269 e. The second-order valence-corrected chi connectivity index (χ2v) is 7.17. The van der Waals surface area contributed by atoms with Gasteiger partial charge in [-0.05, 0) is 25.0 Å². The number of para-hydroxylation sites is 1. The van der Waals surface area contributed by atoms with Crippen LogP contribution in [0.4, 0.5) is 5.69 Å². The summed E-state index contributed by atoms with van der Waals surface area (Å²) in [6.45, 7) is 3.70. The summed E-state index contributed by atoms with van der Waals surface area (Å²) in [6, 6.07) is 8.25. The lowest BCUT2D eigenvalue weighted by atomic mass is 10.0. The van der Waals surface area contributed by atoms with E-state index >= 15 is 0 Å². The van der Waals surface area contributed by atoms with Crippen LogP contribution in [0.2, 0.25) is 0 Å². The lowest BCUT2D eigenvalue weighted by molar-refractivity contribution is -0.120. The van der Waals surface area contributed by atoms with Gasteiger partial charge in [0.2, 0.25) is 5.91 Å². The molecule has 0 saturated carbocycles. The fraction of sp³-hybridized carbons (Fsp3) is 0.421. The van der Waals surface area contributed by atoms with E-state index in [2.05, 4.69) is 23.0 Å². The zero-order chi connectivity index (χ0) is 18.4. The minimum Gasteiger partial charge on any atom is -0.364 e. The average Bonchev–Trinajstić information content (AvgIpc) is 3.11. The van der Waals surface area contributed by atoms with Gasteiger partial charge in [-0.2, -0.15) is 5.10 Å². The first-order valence-corrected chi connectivity index (χ1v) is 8.92. The molecule has 0 radical (unpaired) electrons. The molecule has 7 nitrogen and oxygen atoms in total. The summed E-state index contributed by atoms with van der Waals surface area (Å²) in [5, 5.41) is 4.24. The van der Waals surface area contributed by atoms with Crippen molar-refractivity contribution < 1.29 is 9.59 Å². The molecule has 0 fully saturated rings. The van der Waals surface area contributed by atoms with Crippen LogP contribution in [0.3, 0.4) is 0 Å². The van der Waals surface area contributed by atoms with E-state index in [-0.39, 0.29) is 11.9 Å². The van der Waals surface area contributed by atoms with Gasteiger partial charge in [0.1, 0.15) is 0 Å². The molecule has 2 aromatic rings. The van der Waals surface area contributed by atoms with Gasteiger partial charge in [0.25, 0.3) is 5.91 Å². The summed E-state index contributed by atoms with van der Waals surface area (Å²) < 4.78 is 1.73. The molecular weight excluding hydrogens is 330 g/mol. The SMILES string of the molecule is CC1Cc2ccccc2N1C(=O)CN1CCc2c(c(C(N)=O)nn2C)C1. The second kappa shape index (κ2) is 6.25. The Kier molecular flexibility index (Phi) is 4.03. The number of hydrogen-bond acceptors (Lipinski definition) is 4. The van der Waals surface area contributed by atoms with Crippen molar-refractivity contribution in [2.45, 2.75) is 32.4 Å². The molecule has 136 valence electrons. The van der Waals surface area contributed by atoms with Crippen molar-refractivity contribution in [3.05, 3.63) is 46.8 Å². The molecule has 2 aliphatic heterocycles. The Morgan fingerprint density at radius 2 is 2.08 bits per heavy atom. The number of rotatable bonds is 3. The Labute approximate surface area is 152 Å². The van der Waals surface area contributed by atoms with Crippen LogP contribution in [0, 0.1) is 0 Å². The van der Waals surface area contributed by atoms with E-state index in [4.69, 9.17) is 5.73 Å². The topological polar surface area (TPSA) is 84.5 Å². The summed E-state index contributed by atoms with van der Waals surface area (Å²) in [5.41, 5.74) is 9.90. The van der Waals surface area contributed by atoms with Gasteiger partial charge in [-0.1, -0.05) is 18.2 Å². The molecule has 0 bridgehead atoms. The fourth-order valence-corrected chi connectivity index (χ4v) is 4.19. The van der Waals surface area contributed by atoms with Gasteiger partial charge in [0.05, 0.1) is 6.54 Å². The molecule has 7 heteroatoms. The van der Waals surface area contributed by atoms with Gasteiger partial charge in [-0.3, -0.25) is 19.2 Å². The number of benzene rings is 1. The monoisotopic (exact) mass is 353 g/mol. The van der Waals surface area contributed by atoms with Crippen LogP contribution in [0.1, 0.15) is 34.2 Å². The molecule has 1 aromatic carbocycles. The van der Waals surface area contributed by atoms with E-state index in [1.165, 1.54) is 5.56 Å². The zero-order valence-electron chi connectivity index (χ0n) is 15.1. The number of nitrogens with zero attached hydrogens (tertiary/aromatic N) is 4. The lowest BCUT2D eigenvalue weighted by Gasteiger charge is -2.30. The first-order chi connectivity index (χ1) is 12.5. The van der Waals surface area contributed by atoms with Crippen LogP contribution in [-0.2, 0) is 31.2 Å². The van der Waals surface area contributed by atoms with E-state index in [0.29, 0.717) is 18.8 Å². The highest BCUT2D eigenvalue weighted by Crippen LogP contribution is 2.32. The van der Waals surface area contributed by atoms with Gasteiger partial charge in [-0.25, -0.2) is 0 Å². The van der Waals surface area contributed by atoms with Crippen LogP contribution >= 0.6 is 0 Å². The molecule has 0 aliphatic carbocycles. The number of aryl methyl sites for hydroxylation is 1. The Morgan fingerprint density at radius 1 is 1.31 bits per heavy atom. The average molecular weight is 353 g/mol. The predicted octanol–water partition coefficient (Wildman–Crippen LogP) is 0.855. The highest BCUT2D eigenvalue weighted by molar-refractivity contribution is 5.97. The third-order valence-corrected chi connectivity index (χ3v) is 5.39. The largest absolute Gasteiger partial charge is 0.364 e. The van der Waals surface area contributed by atoms with Crippen molar-refractivity contribution >= 4 is 17.5 Å². The third kappa shape index (κ3) is 2.68. The fourth-order valence-electron chi connectivity index (χ4n) is 4.19. The maximum atomic E-state index is 13.0. The first kappa shape index (κ1) is 16.8. The van der Waals surface area contributed by atoms with Gasteiger partial charge in [0, 0.05) is 49.5 Å². The van der Waals surface area contributed by atoms with E-state index in [0.717, 1.165) is 36.3 Å². The maximum absolute atomic E-state index is 13.0. The standard InChI is InChI=1S/C19H23N5O2/c1-12-9-13-5-3-4-6-15(13)24(12)17(25)11-23-8-7-16-14(10-23)18(19(20)26)21-22(16)2/h3-6,12H,7-11H2,1-2H3,(H2,20,26). The number of carbonyl (C=O) groups excluding carboxylic acids is 2. The molecule has 1 unspecified atom stereocenters. The molecular formula is C19H23N5O2. The molecule has 2 N–H and O–H groups in total. The normalized spacial score (nSPS) is 19.3. The molecule has 4 rings (SSSR count). The molecule has 1 aromatic heterocycles. The Hall–Kier alpha value is -2.67. The first-order valence-electron chi connectivity index (χ1n) is 8.92. The number of nitrogens with two attached hydrogens (primary N) is 1. The smallest absolute Gasteiger partial charge is 0.269 e. The minimum absolute atomic E-state index is 0.0930. The summed E-state index contributed by atoms with van der Waals surface area (Å²) in [5.74, 6) is -0.424. The number of carbonyl (C=O) groups is 2. The van der Waals surface area contributed by atoms with Gasteiger partial charge in [-0.15, -0.1) is 0 Å². The molecule has 3 heterocycles. The molecule has 0 saturated heterocycles. The van der Waals surface area contributed by atoms with Crippen molar-refractivity contribution in [3.8, 4) is 0 Å². The predicted molar refractivity (Wildman–Crippen MR) is 97.8 cm³/mol. The van der Waals surface area contributed by atoms with Crippen molar-refractivity contribution in [1.82, 2.24) is 14.7 Å². The highest BCUT2D eigenvalue weighted by Gasteiger charge is 2.33. The van der Waals surface area contributed by atoms with E-state index in [1.54, 1.807) is 4.68 Å². The number of hydrogen-bond donors (Lipinski definition) is 1. The van der Waals surface area contributed by atoms with Crippen molar-refractivity contribution in [3.63, 3.8) is 0 Å². The second-order valence-electron chi connectivity index (χ2n) is 7.17. The quantitative estimate of drug-likeness (QED) is 0.887. The molecule has 26 heavy (non-hydrogen) atoms. The number of amides is 2. The van der Waals surface area contributed by atoms with Crippen LogP contribution < -0.4 is 10.6 Å². The van der Waals surface area contributed by atoms with E-state index in [9.17, 15) is 9.59 Å². The number of aromatic nitrogens is 2. The molecule has 2 amide bonds. The van der Waals surface area contributed by atoms with Crippen molar-refractivity contribution in [2.75, 3.05) is 18.0 Å². The number of primary amides is 1. The lowest BCUT2D eigenvalue weighted by Crippen LogP contribution is -2.44. The third-order valence-electron chi connectivity index (χ3n) is 5.39. The summed E-state index contributed by atoms with van der Waals surface area (Å²) in [4.78, 5) is 28.6. The Balaban J connectivity index is 1.52. The van der Waals surface area contributed by atoms with Gasteiger partial charge in [0.15, 0.2) is 5.69 Å². The van der Waals surface area contributed by atoms with Crippen LogP contribution in [0.25, 0.3) is 0 Å². The number of anilines is 1. The van der Waals surface area contributed by atoms with Crippen molar-refractivity contribution in [1.29, 1.82) is 0 Å². The summed E-state index contributed by atoms with van der Waals surface area (Å²) in [6.07, 6.45) is 1.64. The van der Waals surface area contributed by atoms with Gasteiger partial charge < -0.3 is 10.6 Å². The minimum atomic E-state index is -0.517. The van der Waals surface area contributed by atoms with Crippen molar-refractivity contribution in [2.24, 2.45) is 12.8 Å².